The van der Waals surface area contributed by atoms with Crippen LogP contribution in [0.15, 0.2) is 18.2 Å². The summed E-state index contributed by atoms with van der Waals surface area (Å²) in [5, 5.41) is 25.5. The number of hydrogen-bond donors (Lipinski definition) is 4. The van der Waals surface area contributed by atoms with Crippen LogP contribution < -0.4 is 11.1 Å². The van der Waals surface area contributed by atoms with E-state index in [2.05, 4.69) is 25.9 Å². The molecule has 18 heavy (non-hydrogen) atoms. The molecule has 8 heteroatoms. The van der Waals surface area contributed by atoms with E-state index in [4.69, 9.17) is 5.73 Å². The number of nitrogen functional groups attached to an aromatic ring is 1. The second-order valence-corrected chi connectivity index (χ2v) is 3.71. The molecular weight excluding hydrogens is 236 g/mol. The summed E-state index contributed by atoms with van der Waals surface area (Å²) in [6.45, 7) is 1.70. The van der Waals surface area contributed by atoms with Gasteiger partial charge in [-0.05, 0) is 19.1 Å². The average Bonchev–Trinajstić information content (AvgIpc) is 2.86. The minimum absolute atomic E-state index is 0.102. The molecule has 1 aromatic carbocycles. The topological polar surface area (TPSA) is 130 Å². The Kier molecular flexibility index (Phi) is 3.09. The summed E-state index contributed by atoms with van der Waals surface area (Å²) in [4.78, 5) is 11.9. The molecule has 94 valence electrons. The highest BCUT2D eigenvalue weighted by Gasteiger charge is 2.17. The smallest absolute Gasteiger partial charge is 0.255 e. The maximum atomic E-state index is 11.9. The number of nitrogens with two attached hydrogens (primary N) is 1. The Balaban J connectivity index is 2.15. The van der Waals surface area contributed by atoms with E-state index in [-0.39, 0.29) is 17.0 Å². The monoisotopic (exact) mass is 248 g/mol. The Hall–Kier alpha value is -2.64. The fraction of sp³-hybridized carbons (Fsp3) is 0.200. The molecule has 1 heterocycles. The standard InChI is InChI=1S/C10H12N6O2/c1-5(9-13-15-16-14-9)12-10(18)6-3-2-4-7(11)8(6)17/h2-5,17H,11H2,1H3,(H,12,18)(H,13,14,15,16). The van der Waals surface area contributed by atoms with Gasteiger partial charge in [-0.2, -0.15) is 5.21 Å². The molecule has 2 rings (SSSR count). The van der Waals surface area contributed by atoms with E-state index in [0.29, 0.717) is 5.82 Å². The largest absolute Gasteiger partial charge is 0.505 e. The molecule has 5 N–H and O–H groups in total. The zero-order valence-electron chi connectivity index (χ0n) is 9.58. The van der Waals surface area contributed by atoms with Gasteiger partial charge in [0.25, 0.3) is 5.91 Å². The first-order valence-electron chi connectivity index (χ1n) is 5.21. The third-order valence-corrected chi connectivity index (χ3v) is 2.41. The predicted octanol–water partition coefficient (Wildman–Crippen LogP) is -0.0215. The molecule has 0 fully saturated rings. The van der Waals surface area contributed by atoms with Crippen molar-refractivity contribution in [1.29, 1.82) is 0 Å². The van der Waals surface area contributed by atoms with Gasteiger partial charge in [-0.1, -0.05) is 11.3 Å². The number of carbonyl (C=O) groups excluding carboxylic acids is 1. The quantitative estimate of drug-likeness (QED) is 0.446. The average molecular weight is 248 g/mol. The molecular formula is C10H12N6O2. The Morgan fingerprint density at radius 3 is 3.00 bits per heavy atom. The number of tetrazole rings is 1. The zero-order valence-corrected chi connectivity index (χ0v) is 9.58. The van der Waals surface area contributed by atoms with Crippen molar-refractivity contribution in [1.82, 2.24) is 25.9 Å². The summed E-state index contributed by atoms with van der Waals surface area (Å²) >= 11 is 0. The van der Waals surface area contributed by atoms with Gasteiger partial charge in [0.05, 0.1) is 17.3 Å². The summed E-state index contributed by atoms with van der Waals surface area (Å²) in [6, 6.07) is 4.14. The van der Waals surface area contributed by atoms with Crippen LogP contribution in [0.5, 0.6) is 5.75 Å². The highest BCUT2D eigenvalue weighted by atomic mass is 16.3. The number of hydrogen-bond acceptors (Lipinski definition) is 6. The third-order valence-electron chi connectivity index (χ3n) is 2.41. The lowest BCUT2D eigenvalue weighted by Crippen LogP contribution is -2.27. The molecule has 0 bridgehead atoms. The lowest BCUT2D eigenvalue weighted by molar-refractivity contribution is 0.0935. The van der Waals surface area contributed by atoms with Crippen LogP contribution in [-0.2, 0) is 0 Å². The predicted molar refractivity (Wildman–Crippen MR) is 62.6 cm³/mol. The van der Waals surface area contributed by atoms with Gasteiger partial charge in [-0.3, -0.25) is 4.79 Å². The van der Waals surface area contributed by atoms with Crippen molar-refractivity contribution in [3.63, 3.8) is 0 Å². The molecule has 0 aliphatic carbocycles. The second kappa shape index (κ2) is 4.70. The summed E-state index contributed by atoms with van der Waals surface area (Å²) in [6.07, 6.45) is 0. The van der Waals surface area contributed by atoms with Crippen LogP contribution in [0.4, 0.5) is 5.69 Å². The van der Waals surface area contributed by atoms with Crippen molar-refractivity contribution >= 4 is 11.6 Å². The highest BCUT2D eigenvalue weighted by Crippen LogP contribution is 2.24. The number of phenolic OH excluding ortho intramolecular Hbond substituents is 1. The lowest BCUT2D eigenvalue weighted by Gasteiger charge is -2.11. The molecule has 0 aliphatic rings. The number of aromatic nitrogens is 4. The first kappa shape index (κ1) is 11.8. The van der Waals surface area contributed by atoms with Crippen LogP contribution in [0, 0.1) is 0 Å². The van der Waals surface area contributed by atoms with Crippen LogP contribution in [0.1, 0.15) is 29.1 Å². The number of aromatic amines is 1. The molecule has 0 saturated heterocycles. The molecule has 0 radical (unpaired) electrons. The number of nitrogens with zero attached hydrogens (tertiary/aromatic N) is 3. The van der Waals surface area contributed by atoms with Gasteiger partial charge in [-0.15, -0.1) is 10.2 Å². The molecule has 2 aromatic rings. The first-order chi connectivity index (χ1) is 8.59. The summed E-state index contributed by atoms with van der Waals surface area (Å²) in [7, 11) is 0. The van der Waals surface area contributed by atoms with E-state index in [1.165, 1.54) is 12.1 Å². The van der Waals surface area contributed by atoms with Crippen molar-refractivity contribution in [3.05, 3.63) is 29.6 Å². The lowest BCUT2D eigenvalue weighted by atomic mass is 10.1. The number of amides is 1. The van der Waals surface area contributed by atoms with E-state index >= 15 is 0 Å². The number of phenols is 1. The number of benzene rings is 1. The fourth-order valence-electron chi connectivity index (χ4n) is 1.44. The molecule has 8 nitrogen and oxygen atoms in total. The number of aromatic hydroxyl groups is 1. The van der Waals surface area contributed by atoms with Crippen molar-refractivity contribution in [2.45, 2.75) is 13.0 Å². The number of rotatable bonds is 3. The number of H-pyrrole nitrogens is 1. The van der Waals surface area contributed by atoms with Crippen LogP contribution in [0.2, 0.25) is 0 Å². The van der Waals surface area contributed by atoms with Crippen molar-refractivity contribution in [3.8, 4) is 5.75 Å². The maximum absolute atomic E-state index is 11.9. The van der Waals surface area contributed by atoms with E-state index in [1.807, 2.05) is 0 Å². The number of anilines is 1. The van der Waals surface area contributed by atoms with Gasteiger partial charge in [-0.25, -0.2) is 0 Å². The SMILES string of the molecule is CC(NC(=O)c1cccc(N)c1O)c1nn[nH]n1. The molecule has 0 spiro atoms. The third kappa shape index (κ3) is 2.21. The molecule has 0 aliphatic heterocycles. The van der Waals surface area contributed by atoms with E-state index < -0.39 is 11.9 Å². The Labute approximate surface area is 102 Å². The van der Waals surface area contributed by atoms with E-state index in [0.717, 1.165) is 0 Å². The Morgan fingerprint density at radius 1 is 1.56 bits per heavy atom. The second-order valence-electron chi connectivity index (χ2n) is 3.71. The Morgan fingerprint density at radius 2 is 2.33 bits per heavy atom. The summed E-state index contributed by atoms with van der Waals surface area (Å²) in [5.41, 5.74) is 5.76. The fourth-order valence-corrected chi connectivity index (χ4v) is 1.44. The van der Waals surface area contributed by atoms with Gasteiger partial charge >= 0.3 is 0 Å². The molecule has 1 aromatic heterocycles. The Bertz CT molecular complexity index is 554. The highest BCUT2D eigenvalue weighted by molar-refractivity contribution is 5.98. The molecule has 0 saturated carbocycles. The van der Waals surface area contributed by atoms with Crippen LogP contribution >= 0.6 is 0 Å². The number of nitrogens with one attached hydrogen (secondary N) is 2. The molecule has 1 amide bonds. The van der Waals surface area contributed by atoms with Crippen LogP contribution in [0.25, 0.3) is 0 Å². The van der Waals surface area contributed by atoms with Gasteiger partial charge in [0.1, 0.15) is 0 Å². The van der Waals surface area contributed by atoms with Crippen molar-refractivity contribution in [2.75, 3.05) is 5.73 Å². The number of carbonyl (C=O) groups is 1. The number of para-hydroxylation sites is 1. The maximum Gasteiger partial charge on any atom is 0.255 e. The van der Waals surface area contributed by atoms with Crippen molar-refractivity contribution < 1.29 is 9.90 Å². The molecule has 1 unspecified atom stereocenters. The van der Waals surface area contributed by atoms with Gasteiger partial charge in [0, 0.05) is 0 Å². The normalized spacial score (nSPS) is 12.1. The van der Waals surface area contributed by atoms with Gasteiger partial charge < -0.3 is 16.2 Å². The zero-order chi connectivity index (χ0) is 13.1. The minimum Gasteiger partial charge on any atom is -0.505 e. The minimum atomic E-state index is -0.461. The van der Waals surface area contributed by atoms with Gasteiger partial charge in [0.15, 0.2) is 11.6 Å². The van der Waals surface area contributed by atoms with E-state index in [1.54, 1.807) is 13.0 Å². The summed E-state index contributed by atoms with van der Waals surface area (Å²) < 4.78 is 0. The first-order valence-corrected chi connectivity index (χ1v) is 5.21. The van der Waals surface area contributed by atoms with E-state index in [9.17, 15) is 9.90 Å². The van der Waals surface area contributed by atoms with Crippen LogP contribution in [-0.4, -0.2) is 31.6 Å². The van der Waals surface area contributed by atoms with Crippen molar-refractivity contribution in [2.24, 2.45) is 0 Å². The molecule has 1 atom stereocenters. The van der Waals surface area contributed by atoms with Gasteiger partial charge in [0.2, 0.25) is 0 Å². The van der Waals surface area contributed by atoms with Crippen LogP contribution in [0.3, 0.4) is 0 Å². The summed E-state index contributed by atoms with van der Waals surface area (Å²) in [5.74, 6) is -0.348.